The lowest BCUT2D eigenvalue weighted by molar-refractivity contribution is -0.384. The summed E-state index contributed by atoms with van der Waals surface area (Å²) in [6.45, 7) is 0. The lowest BCUT2D eigenvalue weighted by Gasteiger charge is -2.10. The van der Waals surface area contributed by atoms with Crippen molar-refractivity contribution in [3.8, 4) is 0 Å². The van der Waals surface area contributed by atoms with Gasteiger partial charge in [-0.15, -0.1) is 0 Å². The van der Waals surface area contributed by atoms with Crippen LogP contribution in [0.1, 0.15) is 34.7 Å². The van der Waals surface area contributed by atoms with Crippen LogP contribution in [0.2, 0.25) is 5.02 Å². The number of benzene rings is 1. The van der Waals surface area contributed by atoms with Crippen LogP contribution in [-0.2, 0) is 12.8 Å². The predicted molar refractivity (Wildman–Crippen MR) is 79.2 cm³/mol. The standard InChI is InChI=1S/C14H12ClN3O4/c15-10-6-5-8(18(20)21)7-11(10)16-14(19)13-9-3-1-2-4-12(9)22-17-13/h5-7H,1-4H2,(H,16,19). The molecule has 1 amide bonds. The van der Waals surface area contributed by atoms with E-state index in [1.807, 2.05) is 0 Å². The highest BCUT2D eigenvalue weighted by Gasteiger charge is 2.24. The van der Waals surface area contributed by atoms with E-state index < -0.39 is 10.8 Å². The minimum absolute atomic E-state index is 0.151. The number of amides is 1. The van der Waals surface area contributed by atoms with Gasteiger partial charge in [0, 0.05) is 24.1 Å². The Hall–Kier alpha value is -2.41. The van der Waals surface area contributed by atoms with E-state index in [1.165, 1.54) is 18.2 Å². The number of anilines is 1. The Morgan fingerprint density at radius 1 is 1.36 bits per heavy atom. The van der Waals surface area contributed by atoms with Gasteiger partial charge in [0.15, 0.2) is 5.69 Å². The molecular formula is C14H12ClN3O4. The molecule has 8 heteroatoms. The number of halogens is 1. The molecule has 0 aliphatic heterocycles. The summed E-state index contributed by atoms with van der Waals surface area (Å²) in [6.07, 6.45) is 3.50. The van der Waals surface area contributed by atoms with E-state index in [9.17, 15) is 14.9 Å². The van der Waals surface area contributed by atoms with E-state index in [2.05, 4.69) is 10.5 Å². The maximum absolute atomic E-state index is 12.3. The fourth-order valence-corrected chi connectivity index (χ4v) is 2.63. The number of fused-ring (bicyclic) bond motifs is 1. The van der Waals surface area contributed by atoms with Crippen LogP contribution in [0.4, 0.5) is 11.4 Å². The van der Waals surface area contributed by atoms with Crippen LogP contribution in [0, 0.1) is 10.1 Å². The van der Waals surface area contributed by atoms with Gasteiger partial charge in [0.2, 0.25) is 0 Å². The number of nitro benzene ring substituents is 1. The van der Waals surface area contributed by atoms with Crippen LogP contribution in [0.25, 0.3) is 0 Å². The molecule has 1 aliphatic carbocycles. The second-order valence-electron chi connectivity index (χ2n) is 5.02. The fraction of sp³-hybridized carbons (Fsp3) is 0.286. The number of carbonyl (C=O) groups excluding carboxylic acids is 1. The summed E-state index contributed by atoms with van der Waals surface area (Å²) in [6, 6.07) is 3.86. The van der Waals surface area contributed by atoms with Gasteiger partial charge < -0.3 is 9.84 Å². The molecule has 1 N–H and O–H groups in total. The van der Waals surface area contributed by atoms with Gasteiger partial charge >= 0.3 is 0 Å². The van der Waals surface area contributed by atoms with Gasteiger partial charge in [-0.2, -0.15) is 0 Å². The first-order chi connectivity index (χ1) is 10.6. The summed E-state index contributed by atoms with van der Waals surface area (Å²) < 4.78 is 5.19. The van der Waals surface area contributed by atoms with Crippen molar-refractivity contribution in [1.29, 1.82) is 0 Å². The molecule has 0 spiro atoms. The van der Waals surface area contributed by atoms with Gasteiger partial charge in [0.25, 0.3) is 11.6 Å². The van der Waals surface area contributed by atoms with Gasteiger partial charge in [0.1, 0.15) is 5.76 Å². The monoisotopic (exact) mass is 321 g/mol. The number of aryl methyl sites for hydroxylation is 1. The van der Waals surface area contributed by atoms with Gasteiger partial charge in [-0.3, -0.25) is 14.9 Å². The summed E-state index contributed by atoms with van der Waals surface area (Å²) >= 11 is 5.97. The molecule has 0 saturated carbocycles. The number of carbonyl (C=O) groups is 1. The molecule has 0 bridgehead atoms. The SMILES string of the molecule is O=C(Nc1cc([N+](=O)[O-])ccc1Cl)c1noc2c1CCCC2. The Morgan fingerprint density at radius 3 is 2.91 bits per heavy atom. The molecule has 114 valence electrons. The van der Waals surface area contributed by atoms with Crippen molar-refractivity contribution in [2.75, 3.05) is 5.32 Å². The Kier molecular flexibility index (Phi) is 3.81. The molecular weight excluding hydrogens is 310 g/mol. The van der Waals surface area contributed by atoms with Crippen molar-refractivity contribution in [3.05, 3.63) is 50.4 Å². The van der Waals surface area contributed by atoms with Crippen molar-refractivity contribution in [2.24, 2.45) is 0 Å². The highest BCUT2D eigenvalue weighted by Crippen LogP contribution is 2.29. The highest BCUT2D eigenvalue weighted by molar-refractivity contribution is 6.34. The molecule has 0 fully saturated rings. The zero-order chi connectivity index (χ0) is 15.7. The number of aromatic nitrogens is 1. The Morgan fingerprint density at radius 2 is 2.14 bits per heavy atom. The maximum Gasteiger partial charge on any atom is 0.278 e. The molecule has 7 nitrogen and oxygen atoms in total. The lowest BCUT2D eigenvalue weighted by atomic mass is 9.96. The number of non-ortho nitro benzene ring substituents is 1. The van der Waals surface area contributed by atoms with Crippen LogP contribution in [0.5, 0.6) is 0 Å². The Labute approximate surface area is 130 Å². The molecule has 0 radical (unpaired) electrons. The minimum Gasteiger partial charge on any atom is -0.360 e. The van der Waals surface area contributed by atoms with E-state index in [0.717, 1.165) is 37.0 Å². The van der Waals surface area contributed by atoms with E-state index >= 15 is 0 Å². The van der Waals surface area contributed by atoms with E-state index in [1.54, 1.807) is 0 Å². The molecule has 1 aromatic heterocycles. The quantitative estimate of drug-likeness (QED) is 0.690. The Bertz CT molecular complexity index is 757. The van der Waals surface area contributed by atoms with Gasteiger partial charge in [0.05, 0.1) is 15.6 Å². The van der Waals surface area contributed by atoms with Crippen LogP contribution in [-0.4, -0.2) is 16.0 Å². The summed E-state index contributed by atoms with van der Waals surface area (Å²) in [7, 11) is 0. The van der Waals surface area contributed by atoms with Crippen molar-refractivity contribution >= 4 is 28.9 Å². The molecule has 0 unspecified atom stereocenters. The molecule has 0 atom stereocenters. The maximum atomic E-state index is 12.3. The number of nitrogens with zero attached hydrogens (tertiary/aromatic N) is 2. The smallest absolute Gasteiger partial charge is 0.278 e. The number of rotatable bonds is 3. The minimum atomic E-state index is -0.552. The summed E-state index contributed by atoms with van der Waals surface area (Å²) in [5.41, 5.74) is 1.05. The normalized spacial score (nSPS) is 13.5. The topological polar surface area (TPSA) is 98.3 Å². The molecule has 2 aromatic rings. The zero-order valence-electron chi connectivity index (χ0n) is 11.5. The van der Waals surface area contributed by atoms with Crippen LogP contribution in [0.3, 0.4) is 0 Å². The molecule has 3 rings (SSSR count). The van der Waals surface area contributed by atoms with E-state index in [4.69, 9.17) is 16.1 Å². The Balaban J connectivity index is 1.87. The molecule has 1 heterocycles. The van der Waals surface area contributed by atoms with E-state index in [-0.39, 0.29) is 22.1 Å². The molecule has 1 aromatic carbocycles. The second-order valence-corrected chi connectivity index (χ2v) is 5.42. The molecule has 22 heavy (non-hydrogen) atoms. The van der Waals surface area contributed by atoms with Crippen molar-refractivity contribution < 1.29 is 14.2 Å². The van der Waals surface area contributed by atoms with Gasteiger partial charge in [-0.25, -0.2) is 0 Å². The average molecular weight is 322 g/mol. The van der Waals surface area contributed by atoms with E-state index in [0.29, 0.717) is 0 Å². The third-order valence-corrected chi connectivity index (χ3v) is 3.90. The number of hydrogen-bond donors (Lipinski definition) is 1. The predicted octanol–water partition coefficient (Wildman–Crippen LogP) is 3.37. The average Bonchev–Trinajstić information content (AvgIpc) is 2.93. The molecule has 1 aliphatic rings. The second kappa shape index (κ2) is 5.76. The van der Waals surface area contributed by atoms with Crippen molar-refractivity contribution in [1.82, 2.24) is 5.16 Å². The van der Waals surface area contributed by atoms with Crippen LogP contribution in [0.15, 0.2) is 22.7 Å². The fourth-order valence-electron chi connectivity index (χ4n) is 2.47. The summed E-state index contributed by atoms with van der Waals surface area (Å²) in [5.74, 6) is 0.260. The first kappa shape index (κ1) is 14.5. The first-order valence-corrected chi connectivity index (χ1v) is 7.17. The van der Waals surface area contributed by atoms with Gasteiger partial charge in [-0.05, 0) is 25.3 Å². The highest BCUT2D eigenvalue weighted by atomic mass is 35.5. The van der Waals surface area contributed by atoms with Gasteiger partial charge in [-0.1, -0.05) is 16.8 Å². The largest absolute Gasteiger partial charge is 0.360 e. The third kappa shape index (κ3) is 2.67. The summed E-state index contributed by atoms with van der Waals surface area (Å²) in [4.78, 5) is 22.6. The number of nitro groups is 1. The van der Waals surface area contributed by atoms with Crippen LogP contribution >= 0.6 is 11.6 Å². The lowest BCUT2D eigenvalue weighted by Crippen LogP contribution is -2.16. The zero-order valence-corrected chi connectivity index (χ0v) is 12.2. The summed E-state index contributed by atoms with van der Waals surface area (Å²) in [5, 5.41) is 17.4. The van der Waals surface area contributed by atoms with Crippen molar-refractivity contribution in [3.63, 3.8) is 0 Å². The number of nitrogens with one attached hydrogen (secondary N) is 1. The van der Waals surface area contributed by atoms with Crippen LogP contribution < -0.4 is 5.32 Å². The first-order valence-electron chi connectivity index (χ1n) is 6.79. The number of hydrogen-bond acceptors (Lipinski definition) is 5. The third-order valence-electron chi connectivity index (χ3n) is 3.57. The van der Waals surface area contributed by atoms with Crippen molar-refractivity contribution in [2.45, 2.75) is 25.7 Å². The molecule has 0 saturated heterocycles.